The Labute approximate surface area is 117 Å². The van der Waals surface area contributed by atoms with E-state index in [0.717, 1.165) is 25.8 Å². The summed E-state index contributed by atoms with van der Waals surface area (Å²) in [5.41, 5.74) is 0. The van der Waals surface area contributed by atoms with Crippen molar-refractivity contribution in [2.45, 2.75) is 58.0 Å². The fraction of sp³-hybridized carbons (Fsp3) is 1.00. The summed E-state index contributed by atoms with van der Waals surface area (Å²) in [6, 6.07) is 0.499. The quantitative estimate of drug-likeness (QED) is 0.737. The molecule has 2 rings (SSSR count). The fourth-order valence-corrected chi connectivity index (χ4v) is 4.05. The Morgan fingerprint density at radius 1 is 1.16 bits per heavy atom. The van der Waals surface area contributed by atoms with Crippen LogP contribution in [0.4, 0.5) is 0 Å². The van der Waals surface area contributed by atoms with Gasteiger partial charge in [0.2, 0.25) is 0 Å². The van der Waals surface area contributed by atoms with E-state index in [4.69, 9.17) is 0 Å². The van der Waals surface area contributed by atoms with Gasteiger partial charge in [0.15, 0.2) is 0 Å². The molecule has 0 spiro atoms. The molecule has 0 aromatic heterocycles. The Balaban J connectivity index is 1.92. The molecule has 2 fully saturated rings. The van der Waals surface area contributed by atoms with Crippen LogP contribution in [0.25, 0.3) is 0 Å². The van der Waals surface area contributed by atoms with Crippen LogP contribution < -0.4 is 10.0 Å². The second-order valence-electron chi connectivity index (χ2n) is 6.12. The average Bonchev–Trinajstić information content (AvgIpc) is 3.18. The number of nitrogens with zero attached hydrogens (tertiary/aromatic N) is 1. The maximum Gasteiger partial charge on any atom is 0.279 e. The molecule has 6 heteroatoms. The van der Waals surface area contributed by atoms with Crippen molar-refractivity contribution in [2.75, 3.05) is 19.6 Å². The van der Waals surface area contributed by atoms with Crippen LogP contribution in [0, 0.1) is 5.92 Å². The van der Waals surface area contributed by atoms with Crippen molar-refractivity contribution < 1.29 is 8.42 Å². The van der Waals surface area contributed by atoms with Crippen LogP contribution in [0.5, 0.6) is 0 Å². The first-order valence-corrected chi connectivity index (χ1v) is 8.93. The van der Waals surface area contributed by atoms with Gasteiger partial charge in [-0.25, -0.2) is 4.72 Å². The average molecular weight is 289 g/mol. The van der Waals surface area contributed by atoms with Gasteiger partial charge in [-0.05, 0) is 31.6 Å². The van der Waals surface area contributed by atoms with Gasteiger partial charge in [0.05, 0.1) is 0 Å². The fourth-order valence-electron chi connectivity index (χ4n) is 2.49. The van der Waals surface area contributed by atoms with Crippen molar-refractivity contribution in [3.8, 4) is 0 Å². The molecule has 19 heavy (non-hydrogen) atoms. The van der Waals surface area contributed by atoms with Crippen LogP contribution in [0.2, 0.25) is 0 Å². The van der Waals surface area contributed by atoms with Crippen molar-refractivity contribution in [3.63, 3.8) is 0 Å². The van der Waals surface area contributed by atoms with Gasteiger partial charge < -0.3 is 5.32 Å². The molecule has 1 saturated carbocycles. The standard InChI is InChI=1S/C13H27N3O2S/c1-11(2)14-10-13-5-3-4-8-16(13)19(17,18)15-9-12-6-7-12/h11-15H,3-10H2,1-2H3. The zero-order valence-corrected chi connectivity index (χ0v) is 12.9. The summed E-state index contributed by atoms with van der Waals surface area (Å²) >= 11 is 0. The molecule has 5 nitrogen and oxygen atoms in total. The van der Waals surface area contributed by atoms with Gasteiger partial charge in [0.1, 0.15) is 0 Å². The van der Waals surface area contributed by atoms with Gasteiger partial charge in [-0.2, -0.15) is 12.7 Å². The van der Waals surface area contributed by atoms with Crippen LogP contribution >= 0.6 is 0 Å². The van der Waals surface area contributed by atoms with Crippen LogP contribution in [-0.2, 0) is 10.2 Å². The van der Waals surface area contributed by atoms with Crippen molar-refractivity contribution in [1.29, 1.82) is 0 Å². The lowest BCUT2D eigenvalue weighted by atomic mass is 10.0. The van der Waals surface area contributed by atoms with Crippen LogP contribution in [-0.4, -0.2) is 44.4 Å². The number of rotatable bonds is 7. The number of nitrogens with one attached hydrogen (secondary N) is 2. The van der Waals surface area contributed by atoms with Crippen LogP contribution in [0.3, 0.4) is 0 Å². The molecule has 1 aliphatic heterocycles. The third-order valence-electron chi connectivity index (χ3n) is 3.89. The van der Waals surface area contributed by atoms with E-state index in [1.807, 2.05) is 0 Å². The molecule has 1 unspecified atom stereocenters. The van der Waals surface area contributed by atoms with E-state index in [-0.39, 0.29) is 6.04 Å². The molecule has 2 aliphatic rings. The summed E-state index contributed by atoms with van der Waals surface area (Å²) in [6.07, 6.45) is 5.40. The molecule has 112 valence electrons. The first-order chi connectivity index (χ1) is 8.99. The van der Waals surface area contributed by atoms with E-state index in [9.17, 15) is 8.42 Å². The Kier molecular flexibility index (Phi) is 5.22. The van der Waals surface area contributed by atoms with Gasteiger partial charge in [0, 0.05) is 31.7 Å². The lowest BCUT2D eigenvalue weighted by Crippen LogP contribution is -2.53. The summed E-state index contributed by atoms with van der Waals surface area (Å²) in [6.45, 7) is 6.20. The van der Waals surface area contributed by atoms with Gasteiger partial charge >= 0.3 is 0 Å². The van der Waals surface area contributed by atoms with E-state index in [2.05, 4.69) is 23.9 Å². The zero-order chi connectivity index (χ0) is 13.9. The highest BCUT2D eigenvalue weighted by molar-refractivity contribution is 7.87. The molecular formula is C13H27N3O2S. The smallest absolute Gasteiger partial charge is 0.279 e. The lowest BCUT2D eigenvalue weighted by molar-refractivity contribution is 0.239. The highest BCUT2D eigenvalue weighted by Gasteiger charge is 2.33. The van der Waals surface area contributed by atoms with E-state index < -0.39 is 10.2 Å². The topological polar surface area (TPSA) is 61.4 Å². The minimum Gasteiger partial charge on any atom is -0.313 e. The van der Waals surface area contributed by atoms with E-state index in [1.165, 1.54) is 12.8 Å². The van der Waals surface area contributed by atoms with Crippen LogP contribution in [0.15, 0.2) is 0 Å². The van der Waals surface area contributed by atoms with E-state index in [0.29, 0.717) is 25.0 Å². The molecule has 0 amide bonds. The van der Waals surface area contributed by atoms with Gasteiger partial charge in [-0.3, -0.25) is 0 Å². The number of hydrogen-bond donors (Lipinski definition) is 2. The second kappa shape index (κ2) is 6.52. The number of piperidine rings is 1. The molecule has 0 radical (unpaired) electrons. The molecule has 1 saturated heterocycles. The Morgan fingerprint density at radius 2 is 1.89 bits per heavy atom. The first-order valence-electron chi connectivity index (χ1n) is 7.49. The van der Waals surface area contributed by atoms with Crippen molar-refractivity contribution >= 4 is 10.2 Å². The third kappa shape index (κ3) is 4.70. The minimum absolute atomic E-state index is 0.104. The highest BCUT2D eigenvalue weighted by Crippen LogP contribution is 2.28. The van der Waals surface area contributed by atoms with Crippen LogP contribution in [0.1, 0.15) is 46.0 Å². The van der Waals surface area contributed by atoms with E-state index in [1.54, 1.807) is 4.31 Å². The molecule has 1 aliphatic carbocycles. The SMILES string of the molecule is CC(C)NCC1CCCCN1S(=O)(=O)NCC1CC1. The van der Waals surface area contributed by atoms with Gasteiger partial charge in [0.25, 0.3) is 10.2 Å². The predicted molar refractivity (Wildman–Crippen MR) is 77.1 cm³/mol. The molecule has 0 bridgehead atoms. The monoisotopic (exact) mass is 289 g/mol. The molecule has 1 heterocycles. The molecule has 0 aromatic carbocycles. The van der Waals surface area contributed by atoms with Crippen molar-refractivity contribution in [2.24, 2.45) is 5.92 Å². The van der Waals surface area contributed by atoms with E-state index >= 15 is 0 Å². The predicted octanol–water partition coefficient (Wildman–Crippen LogP) is 1.08. The largest absolute Gasteiger partial charge is 0.313 e. The number of hydrogen-bond acceptors (Lipinski definition) is 3. The first kappa shape index (κ1) is 15.2. The summed E-state index contributed by atoms with van der Waals surface area (Å²) < 4.78 is 29.2. The van der Waals surface area contributed by atoms with Crippen molar-refractivity contribution in [1.82, 2.24) is 14.3 Å². The highest BCUT2D eigenvalue weighted by atomic mass is 32.2. The van der Waals surface area contributed by atoms with Crippen molar-refractivity contribution in [3.05, 3.63) is 0 Å². The second-order valence-corrected chi connectivity index (χ2v) is 7.83. The third-order valence-corrected chi connectivity index (χ3v) is 5.52. The van der Waals surface area contributed by atoms with Gasteiger partial charge in [-0.1, -0.05) is 20.3 Å². The zero-order valence-electron chi connectivity index (χ0n) is 12.1. The maximum atomic E-state index is 12.4. The Hall–Kier alpha value is -0.170. The molecule has 2 N–H and O–H groups in total. The summed E-state index contributed by atoms with van der Waals surface area (Å²) in [7, 11) is -3.29. The van der Waals surface area contributed by atoms with Gasteiger partial charge in [-0.15, -0.1) is 0 Å². The summed E-state index contributed by atoms with van der Waals surface area (Å²) in [5, 5.41) is 3.36. The molecular weight excluding hydrogens is 262 g/mol. The normalized spacial score (nSPS) is 25.9. The lowest BCUT2D eigenvalue weighted by Gasteiger charge is -2.35. The minimum atomic E-state index is -3.29. The summed E-state index contributed by atoms with van der Waals surface area (Å²) in [5.74, 6) is 0.576. The Morgan fingerprint density at radius 3 is 2.53 bits per heavy atom. The molecule has 1 atom stereocenters. The maximum absolute atomic E-state index is 12.4. The summed E-state index contributed by atoms with van der Waals surface area (Å²) in [4.78, 5) is 0. The molecule has 0 aromatic rings. The Bertz CT molecular complexity index is 379.